The van der Waals surface area contributed by atoms with Crippen molar-refractivity contribution in [2.45, 2.75) is 6.92 Å². The Bertz CT molecular complexity index is 334. The molecule has 3 heteroatoms. The molecule has 2 nitrogen and oxygen atoms in total. The lowest BCUT2D eigenvalue weighted by molar-refractivity contribution is 0.310. The van der Waals surface area contributed by atoms with Gasteiger partial charge in [0.2, 0.25) is 0 Å². The van der Waals surface area contributed by atoms with E-state index in [2.05, 4.69) is 22.5 Å². The average molecular weight is 257 g/mol. The summed E-state index contributed by atoms with van der Waals surface area (Å²) in [6.07, 6.45) is 1.77. The normalized spacial score (nSPS) is 9.64. The van der Waals surface area contributed by atoms with Crippen LogP contribution in [-0.2, 0) is 0 Å². The fourth-order valence-corrected chi connectivity index (χ4v) is 1.79. The van der Waals surface area contributed by atoms with Crippen LogP contribution in [0.25, 0.3) is 6.08 Å². The van der Waals surface area contributed by atoms with Crippen LogP contribution in [0.1, 0.15) is 12.5 Å². The minimum atomic E-state index is 0.614. The molecule has 14 heavy (non-hydrogen) atoms. The van der Waals surface area contributed by atoms with E-state index < -0.39 is 0 Å². The Morgan fingerprint density at radius 2 is 2.21 bits per heavy atom. The van der Waals surface area contributed by atoms with Crippen LogP contribution in [0, 0.1) is 0 Å². The molecule has 0 spiro atoms. The van der Waals surface area contributed by atoms with Crippen LogP contribution in [-0.4, -0.2) is 13.7 Å². The third kappa shape index (κ3) is 2.29. The highest BCUT2D eigenvalue weighted by Crippen LogP contribution is 2.36. The van der Waals surface area contributed by atoms with E-state index in [1.807, 2.05) is 19.1 Å². The van der Waals surface area contributed by atoms with Crippen LogP contribution in [0.4, 0.5) is 0 Å². The minimum Gasteiger partial charge on any atom is -0.492 e. The van der Waals surface area contributed by atoms with E-state index in [9.17, 15) is 0 Å². The van der Waals surface area contributed by atoms with Gasteiger partial charge in [0.25, 0.3) is 0 Å². The molecule has 0 amide bonds. The molecule has 0 saturated carbocycles. The highest BCUT2D eigenvalue weighted by Gasteiger charge is 2.09. The highest BCUT2D eigenvalue weighted by molar-refractivity contribution is 9.10. The molecule has 0 aliphatic rings. The van der Waals surface area contributed by atoms with Crippen LogP contribution >= 0.6 is 15.9 Å². The van der Waals surface area contributed by atoms with Crippen molar-refractivity contribution in [1.29, 1.82) is 0 Å². The van der Waals surface area contributed by atoms with Gasteiger partial charge in [-0.2, -0.15) is 0 Å². The topological polar surface area (TPSA) is 18.5 Å². The first-order valence-electron chi connectivity index (χ1n) is 4.35. The number of benzene rings is 1. The van der Waals surface area contributed by atoms with Crippen LogP contribution in [0.2, 0.25) is 0 Å². The second kappa shape index (κ2) is 5.05. The van der Waals surface area contributed by atoms with Gasteiger partial charge in [0.1, 0.15) is 0 Å². The average Bonchev–Trinajstić information content (AvgIpc) is 2.18. The second-order valence-corrected chi connectivity index (χ2v) is 3.53. The lowest BCUT2D eigenvalue weighted by Crippen LogP contribution is -1.96. The predicted molar refractivity (Wildman–Crippen MR) is 62.0 cm³/mol. The van der Waals surface area contributed by atoms with Crippen molar-refractivity contribution in [2.75, 3.05) is 13.7 Å². The fraction of sp³-hybridized carbons (Fsp3) is 0.273. The summed E-state index contributed by atoms with van der Waals surface area (Å²) in [4.78, 5) is 0. The summed E-state index contributed by atoms with van der Waals surface area (Å²) >= 11 is 3.42. The molecule has 0 aliphatic carbocycles. The SMILES string of the molecule is C=Cc1cc(Br)c(OC)c(OCC)c1. The van der Waals surface area contributed by atoms with E-state index in [1.165, 1.54) is 0 Å². The first-order valence-corrected chi connectivity index (χ1v) is 5.15. The zero-order valence-electron chi connectivity index (χ0n) is 8.34. The zero-order chi connectivity index (χ0) is 10.6. The summed E-state index contributed by atoms with van der Waals surface area (Å²) in [6.45, 7) is 6.26. The summed E-state index contributed by atoms with van der Waals surface area (Å²) < 4.78 is 11.5. The number of rotatable bonds is 4. The molecule has 0 aromatic heterocycles. The Hall–Kier alpha value is -0.960. The number of halogens is 1. The Morgan fingerprint density at radius 3 is 2.71 bits per heavy atom. The standard InChI is InChI=1S/C11H13BrO2/c1-4-8-6-9(12)11(13-3)10(7-8)14-5-2/h4,6-7H,1,5H2,2-3H3. The van der Waals surface area contributed by atoms with E-state index in [0.29, 0.717) is 6.61 Å². The van der Waals surface area contributed by atoms with E-state index in [1.54, 1.807) is 13.2 Å². The predicted octanol–water partition coefficient (Wildman–Crippen LogP) is 3.50. The van der Waals surface area contributed by atoms with Gasteiger partial charge in [-0.15, -0.1) is 0 Å². The van der Waals surface area contributed by atoms with Crippen molar-refractivity contribution in [1.82, 2.24) is 0 Å². The maximum absolute atomic E-state index is 5.45. The van der Waals surface area contributed by atoms with Crippen molar-refractivity contribution >= 4 is 22.0 Å². The van der Waals surface area contributed by atoms with Gasteiger partial charge in [0.05, 0.1) is 18.2 Å². The third-order valence-corrected chi connectivity index (χ3v) is 2.36. The van der Waals surface area contributed by atoms with E-state index >= 15 is 0 Å². The molecule has 0 N–H and O–H groups in total. The van der Waals surface area contributed by atoms with Crippen LogP contribution in [0.3, 0.4) is 0 Å². The molecule has 0 aliphatic heterocycles. The van der Waals surface area contributed by atoms with Gasteiger partial charge in [-0.3, -0.25) is 0 Å². The number of hydrogen-bond acceptors (Lipinski definition) is 2. The Morgan fingerprint density at radius 1 is 1.50 bits per heavy atom. The maximum Gasteiger partial charge on any atom is 0.174 e. The largest absolute Gasteiger partial charge is 0.492 e. The monoisotopic (exact) mass is 256 g/mol. The second-order valence-electron chi connectivity index (χ2n) is 2.67. The summed E-state index contributed by atoms with van der Waals surface area (Å²) in [5.41, 5.74) is 1.00. The van der Waals surface area contributed by atoms with Gasteiger partial charge < -0.3 is 9.47 Å². The van der Waals surface area contributed by atoms with Crippen LogP contribution < -0.4 is 9.47 Å². The molecule has 0 atom stereocenters. The molecule has 0 saturated heterocycles. The molecule has 0 heterocycles. The molecule has 0 fully saturated rings. The Balaban J connectivity index is 3.20. The molecule has 0 unspecified atom stereocenters. The van der Waals surface area contributed by atoms with Gasteiger partial charge in [0.15, 0.2) is 11.5 Å². The minimum absolute atomic E-state index is 0.614. The Labute approximate surface area is 92.7 Å². The van der Waals surface area contributed by atoms with Crippen molar-refractivity contribution in [3.8, 4) is 11.5 Å². The van der Waals surface area contributed by atoms with Crippen molar-refractivity contribution in [2.24, 2.45) is 0 Å². The fourth-order valence-electron chi connectivity index (χ4n) is 1.17. The lowest BCUT2D eigenvalue weighted by atomic mass is 10.2. The van der Waals surface area contributed by atoms with Crippen molar-refractivity contribution < 1.29 is 9.47 Å². The first-order chi connectivity index (χ1) is 6.72. The molecule has 0 bridgehead atoms. The van der Waals surface area contributed by atoms with Crippen LogP contribution in [0.5, 0.6) is 11.5 Å². The smallest absolute Gasteiger partial charge is 0.174 e. The van der Waals surface area contributed by atoms with Gasteiger partial charge in [-0.25, -0.2) is 0 Å². The number of hydrogen-bond donors (Lipinski definition) is 0. The van der Waals surface area contributed by atoms with Gasteiger partial charge in [-0.1, -0.05) is 12.7 Å². The first kappa shape index (κ1) is 11.1. The number of methoxy groups -OCH3 is 1. The van der Waals surface area contributed by atoms with E-state index in [4.69, 9.17) is 9.47 Å². The third-order valence-electron chi connectivity index (χ3n) is 1.77. The number of ether oxygens (including phenoxy) is 2. The summed E-state index contributed by atoms with van der Waals surface area (Å²) in [7, 11) is 1.62. The summed E-state index contributed by atoms with van der Waals surface area (Å²) in [5, 5.41) is 0. The lowest BCUT2D eigenvalue weighted by Gasteiger charge is -2.11. The van der Waals surface area contributed by atoms with E-state index in [-0.39, 0.29) is 0 Å². The highest BCUT2D eigenvalue weighted by atomic mass is 79.9. The molecule has 1 aromatic rings. The van der Waals surface area contributed by atoms with Crippen LogP contribution in [0.15, 0.2) is 23.2 Å². The van der Waals surface area contributed by atoms with Gasteiger partial charge in [0, 0.05) is 0 Å². The summed E-state index contributed by atoms with van der Waals surface area (Å²) in [5.74, 6) is 1.46. The molecular formula is C11H13BrO2. The summed E-state index contributed by atoms with van der Waals surface area (Å²) in [6, 6.07) is 3.84. The van der Waals surface area contributed by atoms with Gasteiger partial charge >= 0.3 is 0 Å². The van der Waals surface area contributed by atoms with Gasteiger partial charge in [-0.05, 0) is 40.5 Å². The van der Waals surface area contributed by atoms with Crippen molar-refractivity contribution in [3.63, 3.8) is 0 Å². The quantitative estimate of drug-likeness (QED) is 0.821. The molecule has 1 rings (SSSR count). The Kier molecular flexibility index (Phi) is 4.01. The molecule has 1 aromatic carbocycles. The molecular weight excluding hydrogens is 244 g/mol. The zero-order valence-corrected chi connectivity index (χ0v) is 9.93. The molecule has 76 valence electrons. The molecule has 0 radical (unpaired) electrons. The van der Waals surface area contributed by atoms with E-state index in [0.717, 1.165) is 21.5 Å². The van der Waals surface area contributed by atoms with Crippen molar-refractivity contribution in [3.05, 3.63) is 28.7 Å². The maximum atomic E-state index is 5.45.